The molecule has 0 amide bonds. The predicted octanol–water partition coefficient (Wildman–Crippen LogP) is 4.02. The van der Waals surface area contributed by atoms with Gasteiger partial charge in [-0.3, -0.25) is 9.36 Å². The van der Waals surface area contributed by atoms with Crippen molar-refractivity contribution in [3.05, 3.63) is 57.7 Å². The van der Waals surface area contributed by atoms with Crippen LogP contribution in [0.2, 0.25) is 0 Å². The van der Waals surface area contributed by atoms with E-state index in [1.807, 2.05) is 31.2 Å². The number of rotatable bonds is 2. The Morgan fingerprint density at radius 3 is 2.86 bits per heavy atom. The maximum Gasteiger partial charge on any atom is 0.266 e. The molecule has 0 saturated heterocycles. The molecule has 1 aliphatic rings. The van der Waals surface area contributed by atoms with Crippen LogP contribution in [0.5, 0.6) is 0 Å². The van der Waals surface area contributed by atoms with E-state index in [-0.39, 0.29) is 11.4 Å². The zero-order valence-corrected chi connectivity index (χ0v) is 12.9. The Hall–Kier alpha value is -1.87. The van der Waals surface area contributed by atoms with E-state index in [1.165, 1.54) is 5.57 Å². The van der Waals surface area contributed by atoms with E-state index in [4.69, 9.17) is 11.6 Å². The second kappa shape index (κ2) is 5.49. The zero-order valence-electron chi connectivity index (χ0n) is 12.2. The molecule has 0 N–H and O–H groups in total. The molecule has 0 radical (unpaired) electrons. The summed E-state index contributed by atoms with van der Waals surface area (Å²) in [5.74, 6) is 0.810. The van der Waals surface area contributed by atoms with Crippen molar-refractivity contribution in [1.29, 1.82) is 0 Å². The maximum absolute atomic E-state index is 13.0. The Bertz CT molecular complexity index is 831. The van der Waals surface area contributed by atoms with E-state index in [9.17, 15) is 4.79 Å². The van der Waals surface area contributed by atoms with Gasteiger partial charge in [0.1, 0.15) is 5.82 Å². The van der Waals surface area contributed by atoms with Gasteiger partial charge in [0, 0.05) is 5.70 Å². The molecule has 0 fully saturated rings. The number of allylic oxidation sites excluding steroid dienone is 4. The number of alkyl halides is 1. The number of nitrogens with zero attached hydrogens (tertiary/aromatic N) is 2. The lowest BCUT2D eigenvalue weighted by molar-refractivity contribution is 0.865. The quantitative estimate of drug-likeness (QED) is 0.785. The van der Waals surface area contributed by atoms with E-state index in [1.54, 1.807) is 4.57 Å². The highest BCUT2D eigenvalue weighted by Gasteiger charge is 2.16. The fraction of sp³-hybridized carbons (Fsp3) is 0.294. The van der Waals surface area contributed by atoms with Crippen molar-refractivity contribution in [3.8, 4) is 0 Å². The van der Waals surface area contributed by atoms with Gasteiger partial charge in [-0.15, -0.1) is 11.6 Å². The van der Waals surface area contributed by atoms with Crippen molar-refractivity contribution < 1.29 is 0 Å². The molecule has 0 saturated carbocycles. The lowest BCUT2D eigenvalue weighted by Gasteiger charge is -2.18. The third kappa shape index (κ3) is 2.32. The molecule has 1 aromatic carbocycles. The number of fused-ring (bicyclic) bond motifs is 1. The molecule has 1 heterocycles. The first kappa shape index (κ1) is 14.1. The molecule has 0 spiro atoms. The molecule has 0 unspecified atom stereocenters. The highest BCUT2D eigenvalue weighted by Crippen LogP contribution is 2.24. The summed E-state index contributed by atoms with van der Waals surface area (Å²) in [4.78, 5) is 17.6. The van der Waals surface area contributed by atoms with Crippen molar-refractivity contribution in [1.82, 2.24) is 9.55 Å². The Balaban J connectivity index is 2.42. The van der Waals surface area contributed by atoms with Gasteiger partial charge in [-0.05, 0) is 50.0 Å². The van der Waals surface area contributed by atoms with Crippen LogP contribution in [0, 0.1) is 6.92 Å². The summed E-state index contributed by atoms with van der Waals surface area (Å²) in [6, 6.07) is 5.72. The van der Waals surface area contributed by atoms with Crippen molar-refractivity contribution in [2.45, 2.75) is 32.6 Å². The largest absolute Gasteiger partial charge is 0.268 e. The monoisotopic (exact) mass is 300 g/mol. The fourth-order valence-electron chi connectivity index (χ4n) is 2.81. The highest BCUT2D eigenvalue weighted by atomic mass is 35.5. The molecule has 2 aromatic rings. The number of aromatic nitrogens is 2. The number of hydrogen-bond donors (Lipinski definition) is 0. The maximum atomic E-state index is 13.0. The van der Waals surface area contributed by atoms with Crippen LogP contribution in [0.15, 0.2) is 40.7 Å². The van der Waals surface area contributed by atoms with Crippen LogP contribution in [0.1, 0.15) is 31.2 Å². The van der Waals surface area contributed by atoms with Crippen LogP contribution < -0.4 is 5.56 Å². The van der Waals surface area contributed by atoms with Gasteiger partial charge < -0.3 is 0 Å². The van der Waals surface area contributed by atoms with E-state index < -0.39 is 0 Å². The summed E-state index contributed by atoms with van der Waals surface area (Å²) in [6.45, 7) is 4.00. The fourth-order valence-corrected chi connectivity index (χ4v) is 2.99. The molecule has 0 aliphatic heterocycles. The molecular weight excluding hydrogens is 284 g/mol. The minimum atomic E-state index is -0.0327. The number of hydrogen-bond acceptors (Lipinski definition) is 2. The molecule has 4 heteroatoms. The lowest BCUT2D eigenvalue weighted by Crippen LogP contribution is -2.25. The normalized spacial score (nSPS) is 15.0. The van der Waals surface area contributed by atoms with E-state index in [0.717, 1.165) is 24.1 Å². The van der Waals surface area contributed by atoms with Gasteiger partial charge in [0.2, 0.25) is 0 Å². The summed E-state index contributed by atoms with van der Waals surface area (Å²) in [7, 11) is 0. The van der Waals surface area contributed by atoms with E-state index in [2.05, 4.69) is 18.0 Å². The average molecular weight is 301 g/mol. The third-order valence-corrected chi connectivity index (χ3v) is 4.17. The summed E-state index contributed by atoms with van der Waals surface area (Å²) in [6.07, 6.45) is 6.07. The Morgan fingerprint density at radius 2 is 2.14 bits per heavy atom. The molecule has 1 aliphatic carbocycles. The first-order valence-electron chi connectivity index (χ1n) is 7.07. The van der Waals surface area contributed by atoms with E-state index >= 15 is 0 Å². The SMILES string of the molecule is CC1=C(n2c(CCl)nc3cccc(C)c3c2=O)C=CCC1. The van der Waals surface area contributed by atoms with Crippen LogP contribution in [0.4, 0.5) is 0 Å². The predicted molar refractivity (Wildman–Crippen MR) is 87.6 cm³/mol. The molecule has 1 aromatic heterocycles. The second-order valence-corrected chi connectivity index (χ2v) is 5.65. The van der Waals surface area contributed by atoms with Gasteiger partial charge in [-0.25, -0.2) is 4.98 Å². The van der Waals surface area contributed by atoms with Crippen molar-refractivity contribution in [2.24, 2.45) is 0 Å². The third-order valence-electron chi connectivity index (χ3n) is 3.93. The lowest BCUT2D eigenvalue weighted by atomic mass is 10.0. The van der Waals surface area contributed by atoms with Gasteiger partial charge in [0.15, 0.2) is 0 Å². The van der Waals surface area contributed by atoms with Crippen LogP contribution in [0.3, 0.4) is 0 Å². The number of halogens is 1. The first-order valence-corrected chi connectivity index (χ1v) is 7.61. The van der Waals surface area contributed by atoms with Crippen LogP contribution >= 0.6 is 11.6 Å². The standard InChI is InChI=1S/C17H17ClN2O/c1-11-6-3-4-9-14(11)20-15(10-18)19-13-8-5-7-12(2)16(13)17(20)21/h4-5,7-9H,3,6,10H2,1-2H3. The Morgan fingerprint density at radius 1 is 1.33 bits per heavy atom. The molecule has 3 nitrogen and oxygen atoms in total. The Kier molecular flexibility index (Phi) is 3.68. The molecular formula is C17H17ClN2O. The first-order chi connectivity index (χ1) is 10.1. The minimum Gasteiger partial charge on any atom is -0.268 e. The summed E-state index contributed by atoms with van der Waals surface area (Å²) in [5, 5.41) is 0.672. The van der Waals surface area contributed by atoms with Gasteiger partial charge in [-0.1, -0.05) is 18.2 Å². The van der Waals surface area contributed by atoms with E-state index in [0.29, 0.717) is 16.7 Å². The van der Waals surface area contributed by atoms with Gasteiger partial charge >= 0.3 is 0 Å². The van der Waals surface area contributed by atoms with Gasteiger partial charge in [0.25, 0.3) is 5.56 Å². The summed E-state index contributed by atoms with van der Waals surface area (Å²) in [5.41, 5.74) is 3.73. The summed E-state index contributed by atoms with van der Waals surface area (Å²) < 4.78 is 1.67. The number of aryl methyl sites for hydroxylation is 1. The Labute approximate surface area is 128 Å². The van der Waals surface area contributed by atoms with Crippen molar-refractivity contribution in [2.75, 3.05) is 0 Å². The minimum absolute atomic E-state index is 0.0327. The molecule has 3 rings (SSSR count). The molecule has 21 heavy (non-hydrogen) atoms. The molecule has 108 valence electrons. The van der Waals surface area contributed by atoms with Gasteiger partial charge in [0.05, 0.1) is 16.8 Å². The van der Waals surface area contributed by atoms with Gasteiger partial charge in [-0.2, -0.15) is 0 Å². The topological polar surface area (TPSA) is 34.9 Å². The molecule has 0 atom stereocenters. The van der Waals surface area contributed by atoms with Crippen molar-refractivity contribution in [3.63, 3.8) is 0 Å². The average Bonchev–Trinajstić information content (AvgIpc) is 2.48. The molecule has 0 bridgehead atoms. The second-order valence-electron chi connectivity index (χ2n) is 5.38. The van der Waals surface area contributed by atoms with Crippen LogP contribution in [-0.4, -0.2) is 9.55 Å². The smallest absolute Gasteiger partial charge is 0.266 e. The van der Waals surface area contributed by atoms with Crippen molar-refractivity contribution >= 4 is 28.2 Å². The zero-order chi connectivity index (χ0) is 15.0. The van der Waals surface area contributed by atoms with Crippen LogP contribution in [-0.2, 0) is 5.88 Å². The van der Waals surface area contributed by atoms with Crippen LogP contribution in [0.25, 0.3) is 16.6 Å². The summed E-state index contributed by atoms with van der Waals surface area (Å²) >= 11 is 6.04. The highest BCUT2D eigenvalue weighted by molar-refractivity contribution is 6.16. The number of benzene rings is 1.